The Kier molecular flexibility index (Phi) is 20.8. The van der Waals surface area contributed by atoms with Crippen molar-refractivity contribution in [3.63, 3.8) is 0 Å². The first-order valence-corrected chi connectivity index (χ1v) is 33.3. The van der Waals surface area contributed by atoms with E-state index in [9.17, 15) is 42.8 Å². The number of hydrogen-bond acceptors (Lipinski definition) is 21. The number of thioether (sulfide) groups is 2. The minimum Gasteiger partial charge on any atom is -0.464 e. The van der Waals surface area contributed by atoms with Crippen molar-refractivity contribution >= 4 is 101 Å². The van der Waals surface area contributed by atoms with Crippen molar-refractivity contribution in [3.8, 4) is 0 Å². The summed E-state index contributed by atoms with van der Waals surface area (Å²) in [6.07, 6.45) is -2.56. The zero-order valence-electron chi connectivity index (χ0n) is 41.8. The Bertz CT molecular complexity index is 2980. The largest absolute Gasteiger partial charge is 0.464 e. The van der Waals surface area contributed by atoms with Gasteiger partial charge >= 0.3 is 5.97 Å². The van der Waals surface area contributed by atoms with Crippen molar-refractivity contribution in [3.05, 3.63) is 70.8 Å². The van der Waals surface area contributed by atoms with E-state index in [0.29, 0.717) is 61.8 Å². The van der Waals surface area contributed by atoms with E-state index in [-0.39, 0.29) is 63.2 Å². The normalized spacial score (nSPS) is 26.3. The predicted molar refractivity (Wildman–Crippen MR) is 293 cm³/mol. The Balaban J connectivity index is 0.000000198. The van der Waals surface area contributed by atoms with Crippen LogP contribution in [-0.2, 0) is 19.0 Å². The average molecular weight is 1340 g/mol. The van der Waals surface area contributed by atoms with Gasteiger partial charge in [-0.25, -0.2) is 51.7 Å². The number of aliphatic hydroxyl groups excluding tert-OH is 5. The van der Waals surface area contributed by atoms with Gasteiger partial charge in [-0.15, -0.1) is 10.2 Å². The minimum absolute atomic E-state index is 0.00291. The van der Waals surface area contributed by atoms with E-state index in [1.807, 2.05) is 6.92 Å². The van der Waals surface area contributed by atoms with Crippen LogP contribution < -0.4 is 10.6 Å². The summed E-state index contributed by atoms with van der Waals surface area (Å²) in [5.41, 5.74) is 2.97. The summed E-state index contributed by atoms with van der Waals surface area (Å²) in [6.45, 7) is 5.50. The summed E-state index contributed by atoms with van der Waals surface area (Å²) < 4.78 is 73.0. The molecule has 4 heterocycles. The molecular formula is C48H58F4I2N12O9S2. The third-order valence-corrected chi connectivity index (χ3v) is 15.5. The maximum Gasteiger partial charge on any atom is 0.332 e. The summed E-state index contributed by atoms with van der Waals surface area (Å²) in [7, 11) is 0. The second-order valence-electron chi connectivity index (χ2n) is 18.7. The first-order chi connectivity index (χ1) is 37.2. The van der Waals surface area contributed by atoms with Gasteiger partial charge in [0.1, 0.15) is 31.0 Å². The summed E-state index contributed by atoms with van der Waals surface area (Å²) in [5.74, 6) is -1.59. The highest BCUT2D eigenvalue weighted by Gasteiger charge is 2.47. The molecule has 0 spiro atoms. The van der Waals surface area contributed by atoms with Crippen molar-refractivity contribution in [2.75, 3.05) is 48.6 Å². The number of aliphatic hydroxyl groups is 5. The van der Waals surface area contributed by atoms with Crippen LogP contribution in [-0.4, -0.2) is 168 Å². The van der Waals surface area contributed by atoms with Crippen LogP contribution in [0.1, 0.15) is 94.3 Å². The molecule has 4 aliphatic rings. The lowest BCUT2D eigenvalue weighted by atomic mass is 10.1. The highest BCUT2D eigenvalue weighted by Crippen LogP contribution is 2.46. The third-order valence-electron chi connectivity index (χ3n) is 13.4. The highest BCUT2D eigenvalue weighted by molar-refractivity contribution is 15.0. The Morgan fingerprint density at radius 2 is 1.12 bits per heavy atom. The van der Waals surface area contributed by atoms with Crippen LogP contribution in [0.25, 0.3) is 22.3 Å². The molecule has 418 valence electrons. The number of ether oxygens (including phenoxy) is 3. The van der Waals surface area contributed by atoms with Crippen LogP contribution in [0.5, 0.6) is 0 Å². The molecule has 4 aromatic heterocycles. The van der Waals surface area contributed by atoms with Gasteiger partial charge in [-0.2, -0.15) is 0 Å². The molecule has 10 rings (SSSR count). The lowest BCUT2D eigenvalue weighted by Crippen LogP contribution is -2.34. The third kappa shape index (κ3) is 13.8. The lowest BCUT2D eigenvalue weighted by molar-refractivity contribution is -0.153. The molecule has 29 heteroatoms. The Morgan fingerprint density at radius 3 is 1.53 bits per heavy atom. The van der Waals surface area contributed by atoms with Crippen LogP contribution >= 0.6 is 60.8 Å². The number of hydrogen-bond donors (Lipinski definition) is 7. The summed E-state index contributed by atoms with van der Waals surface area (Å²) in [6, 6.07) is 6.40. The number of nitrogens with one attached hydrogen (secondary N) is 2. The molecule has 6 aromatic rings. The van der Waals surface area contributed by atoms with Gasteiger partial charge in [-0.3, -0.25) is 0 Å². The van der Waals surface area contributed by atoms with Crippen LogP contribution in [0.4, 0.5) is 29.2 Å². The van der Waals surface area contributed by atoms with Crippen LogP contribution in [0.3, 0.4) is 0 Å². The topological polar surface area (TPSA) is 283 Å². The number of fused-ring (bicyclic) bond motifs is 2. The molecule has 7 N–H and O–H groups in total. The Hall–Kier alpha value is -3.93. The standard InChI is InChI=1S/C25H30F2N6O5S.C23H28F2N6O4S.I2/c1-3-7-39-25-29-23(28-16-9-13(16)12-5-6-14(26)15(27)8-12)20-24(30-25)33(32-31-20)17-10-18(22(36)21(17)35)38-11-19(34)37-4-2;1-2-7-36-23-27-21(26-15-9-12(15)11-3-4-13(24)14(25)8-11)18-22(28-23)31(30-29-18)16-10-17(35-6-5-32)20(34)19(16)33;1-2/h5-6,8,13,16-18,21-22,35-36H,3-4,7,9-11H2,1-2H3,(H,28,29,30);3-4,8,12,15-17,19-20,32-34H,2,5-7,9-10H2,1H3,(H,26,27,28);/t13-,16+,17+,18-,21-,22+;12-,15+,16+,17-,19-,20+;/m00./s1. The number of carbonyl (C=O) groups is 1. The molecule has 4 aliphatic carbocycles. The second kappa shape index (κ2) is 27.0. The maximum absolute atomic E-state index is 13.8. The molecule has 4 saturated carbocycles. The molecule has 2 aromatic carbocycles. The maximum atomic E-state index is 13.8. The molecule has 77 heavy (non-hydrogen) atoms. The summed E-state index contributed by atoms with van der Waals surface area (Å²) in [4.78, 5) is 30.2. The smallest absolute Gasteiger partial charge is 0.332 e. The molecule has 0 bridgehead atoms. The lowest BCUT2D eigenvalue weighted by Gasteiger charge is -2.17. The fraction of sp³-hybridized carbons (Fsp3) is 0.562. The van der Waals surface area contributed by atoms with Crippen molar-refractivity contribution in [2.45, 2.75) is 142 Å². The first-order valence-electron chi connectivity index (χ1n) is 25.0. The van der Waals surface area contributed by atoms with E-state index >= 15 is 0 Å². The fourth-order valence-electron chi connectivity index (χ4n) is 9.40. The van der Waals surface area contributed by atoms with E-state index < -0.39 is 77.9 Å². The molecule has 0 amide bonds. The van der Waals surface area contributed by atoms with Gasteiger partial charge < -0.3 is 50.4 Å². The zero-order valence-corrected chi connectivity index (χ0v) is 47.8. The van der Waals surface area contributed by atoms with Gasteiger partial charge in [0.15, 0.2) is 67.5 Å². The van der Waals surface area contributed by atoms with Gasteiger partial charge in [0.2, 0.25) is 0 Å². The van der Waals surface area contributed by atoms with Crippen LogP contribution in [0, 0.1) is 23.3 Å². The van der Waals surface area contributed by atoms with E-state index in [2.05, 4.69) is 95.3 Å². The Labute approximate surface area is 471 Å². The molecule has 0 aliphatic heterocycles. The minimum atomic E-state index is -1.25. The fourth-order valence-corrected chi connectivity index (χ4v) is 10.8. The van der Waals surface area contributed by atoms with Gasteiger partial charge in [0, 0.05) is 85.5 Å². The van der Waals surface area contributed by atoms with Crippen LogP contribution in [0.15, 0.2) is 46.7 Å². The number of anilines is 2. The molecule has 0 saturated heterocycles. The zero-order chi connectivity index (χ0) is 55.1. The van der Waals surface area contributed by atoms with Gasteiger partial charge in [-0.1, -0.05) is 59.9 Å². The Morgan fingerprint density at radius 1 is 0.662 bits per heavy atom. The van der Waals surface area contributed by atoms with Crippen molar-refractivity contribution in [1.82, 2.24) is 49.9 Å². The number of esters is 1. The summed E-state index contributed by atoms with van der Waals surface area (Å²) >= 11 is 7.18. The van der Waals surface area contributed by atoms with Crippen molar-refractivity contribution in [2.24, 2.45) is 0 Å². The number of carbonyl (C=O) groups excluding carboxylic acids is 1. The van der Waals surface area contributed by atoms with E-state index in [4.69, 9.17) is 19.3 Å². The van der Waals surface area contributed by atoms with E-state index in [0.717, 1.165) is 42.9 Å². The SMILES string of the molecule is CCCSc1nc(N[C@@H]2C[C@H]2c2ccc(F)c(F)c2)c2nnn([C@@H]3C[C@H](OCC(=O)OCC)[C@@H](O)[C@H]3O)c2n1.CCCSc1nc(N[C@@H]2C[C@H]2c2ccc(F)c(F)c2)c2nnn([C@@H]3C[C@H](OCCO)[C@@H](O)[C@H]3O)c2n1.II. The number of halogens is 6. The van der Waals surface area contributed by atoms with Crippen molar-refractivity contribution in [1.29, 1.82) is 0 Å². The van der Waals surface area contributed by atoms with Crippen molar-refractivity contribution < 1.29 is 62.1 Å². The number of aromatic nitrogens is 10. The van der Waals surface area contributed by atoms with E-state index in [1.54, 1.807) is 19.1 Å². The van der Waals surface area contributed by atoms with Gasteiger partial charge in [-0.05, 0) is 68.0 Å². The first kappa shape index (κ1) is 59.2. The molecule has 12 atom stereocenters. The van der Waals surface area contributed by atoms with E-state index in [1.165, 1.54) is 45.0 Å². The van der Waals surface area contributed by atoms with Gasteiger partial charge in [0.05, 0.1) is 44.1 Å². The predicted octanol–water partition coefficient (Wildman–Crippen LogP) is 6.37. The quantitative estimate of drug-likeness (QED) is 0.0135. The number of benzene rings is 2. The molecule has 0 unspecified atom stereocenters. The number of rotatable bonds is 21. The second-order valence-corrected chi connectivity index (χ2v) is 20.8. The van der Waals surface area contributed by atoms with Crippen LogP contribution in [0.2, 0.25) is 0 Å². The number of nitrogens with zero attached hydrogens (tertiary/aromatic N) is 10. The highest BCUT2D eigenvalue weighted by atomic mass is 128. The molecule has 0 radical (unpaired) electrons. The average Bonchev–Trinajstić information content (AvgIpc) is 4.24. The molecule has 21 nitrogen and oxygen atoms in total. The monoisotopic (exact) mass is 1340 g/mol. The van der Waals surface area contributed by atoms with Gasteiger partial charge in [0.25, 0.3) is 0 Å². The molecular weight excluding hydrogens is 1280 g/mol. The summed E-state index contributed by atoms with van der Waals surface area (Å²) in [5, 5.41) is 76.3. The molecule has 4 fully saturated rings.